The third-order valence-electron chi connectivity index (χ3n) is 3.75. The average molecular weight is 321 g/mol. The minimum absolute atomic E-state index is 0.0679. The number of urea groups is 1. The van der Waals surface area contributed by atoms with E-state index in [0.29, 0.717) is 12.2 Å². The normalized spacial score (nSPS) is 18.3. The molecule has 1 atom stereocenters. The maximum absolute atomic E-state index is 12.6. The molecule has 0 spiro atoms. The van der Waals surface area contributed by atoms with Crippen molar-refractivity contribution in [1.82, 2.24) is 15.0 Å². The molecule has 0 bridgehead atoms. The van der Waals surface area contributed by atoms with Crippen molar-refractivity contribution in [3.63, 3.8) is 0 Å². The van der Waals surface area contributed by atoms with Crippen LogP contribution in [-0.2, 0) is 0 Å². The van der Waals surface area contributed by atoms with E-state index in [0.717, 1.165) is 30.7 Å². The summed E-state index contributed by atoms with van der Waals surface area (Å²) in [5.41, 5.74) is 1.31. The van der Waals surface area contributed by atoms with Crippen molar-refractivity contribution in [2.24, 2.45) is 0 Å². The van der Waals surface area contributed by atoms with Crippen molar-refractivity contribution in [3.05, 3.63) is 41.0 Å². The second-order valence-electron chi connectivity index (χ2n) is 5.34. The molecule has 2 aromatic rings. The first kappa shape index (κ1) is 14.8. The van der Waals surface area contributed by atoms with E-state index in [2.05, 4.69) is 15.5 Å². The van der Waals surface area contributed by atoms with Crippen LogP contribution in [0.3, 0.4) is 0 Å². The van der Waals surface area contributed by atoms with Crippen molar-refractivity contribution in [2.45, 2.75) is 32.2 Å². The van der Waals surface area contributed by atoms with Gasteiger partial charge in [0.15, 0.2) is 5.15 Å². The van der Waals surface area contributed by atoms with Gasteiger partial charge in [0.2, 0.25) is 0 Å². The largest absolute Gasteiger partial charge is 0.361 e. The van der Waals surface area contributed by atoms with Crippen LogP contribution < -0.4 is 5.32 Å². The molecule has 116 valence electrons. The van der Waals surface area contributed by atoms with E-state index in [1.54, 1.807) is 23.2 Å². The number of aryl methyl sites for hydroxylation is 1. The summed E-state index contributed by atoms with van der Waals surface area (Å²) in [6, 6.07) is 5.08. The topological polar surface area (TPSA) is 71.3 Å². The quantitative estimate of drug-likeness (QED) is 0.854. The van der Waals surface area contributed by atoms with Gasteiger partial charge in [0, 0.05) is 18.8 Å². The molecule has 7 heteroatoms. The minimum Gasteiger partial charge on any atom is -0.361 e. The Hall–Kier alpha value is -2.08. The van der Waals surface area contributed by atoms with E-state index in [4.69, 9.17) is 16.1 Å². The molecule has 0 unspecified atom stereocenters. The van der Waals surface area contributed by atoms with E-state index < -0.39 is 0 Å². The summed E-state index contributed by atoms with van der Waals surface area (Å²) in [7, 11) is 0. The second kappa shape index (κ2) is 6.36. The molecule has 1 aliphatic rings. The molecule has 22 heavy (non-hydrogen) atoms. The Balaban J connectivity index is 1.78. The molecule has 1 fully saturated rings. The smallest absolute Gasteiger partial charge is 0.322 e. The molecule has 1 aliphatic heterocycles. The van der Waals surface area contributed by atoms with Crippen molar-refractivity contribution in [2.75, 3.05) is 11.9 Å². The maximum atomic E-state index is 12.6. The van der Waals surface area contributed by atoms with Crippen LogP contribution in [0.4, 0.5) is 10.5 Å². The Bertz CT molecular complexity index is 673. The number of hydrogen-bond acceptors (Lipinski definition) is 4. The number of hydrogen-bond donors (Lipinski definition) is 1. The first-order valence-electron chi connectivity index (χ1n) is 7.26. The summed E-state index contributed by atoms with van der Waals surface area (Å²) in [6.45, 7) is 2.53. The number of amides is 2. The third-order valence-corrected chi connectivity index (χ3v) is 4.05. The Morgan fingerprint density at radius 2 is 2.36 bits per heavy atom. The highest BCUT2D eigenvalue weighted by atomic mass is 35.5. The summed E-state index contributed by atoms with van der Waals surface area (Å²) in [5, 5.41) is 7.16. The monoisotopic (exact) mass is 320 g/mol. The molecule has 3 heterocycles. The van der Waals surface area contributed by atoms with Gasteiger partial charge in [-0.1, -0.05) is 16.8 Å². The predicted octanol–water partition coefficient (Wildman–Crippen LogP) is 3.79. The summed E-state index contributed by atoms with van der Waals surface area (Å²) < 4.78 is 5.14. The molecule has 0 radical (unpaired) electrons. The molecule has 1 saturated heterocycles. The number of carbonyl (C=O) groups excluding carboxylic acids is 1. The molecule has 3 rings (SSSR count). The van der Waals surface area contributed by atoms with E-state index in [1.807, 2.05) is 13.0 Å². The fraction of sp³-hybridized carbons (Fsp3) is 0.400. The first-order valence-corrected chi connectivity index (χ1v) is 7.64. The number of rotatable bonds is 2. The maximum Gasteiger partial charge on any atom is 0.322 e. The Kier molecular flexibility index (Phi) is 4.29. The second-order valence-corrected chi connectivity index (χ2v) is 5.70. The van der Waals surface area contributed by atoms with Crippen LogP contribution in [-0.4, -0.2) is 27.6 Å². The van der Waals surface area contributed by atoms with Crippen LogP contribution in [0, 0.1) is 6.92 Å². The van der Waals surface area contributed by atoms with Crippen LogP contribution in [0.25, 0.3) is 0 Å². The number of piperidine rings is 1. The van der Waals surface area contributed by atoms with Gasteiger partial charge in [0.25, 0.3) is 0 Å². The van der Waals surface area contributed by atoms with Gasteiger partial charge in [0.1, 0.15) is 11.5 Å². The van der Waals surface area contributed by atoms with E-state index >= 15 is 0 Å². The molecule has 0 aliphatic carbocycles. The van der Waals surface area contributed by atoms with Crippen LogP contribution in [0.5, 0.6) is 0 Å². The molecular formula is C15H17ClN4O2. The first-order chi connectivity index (χ1) is 10.6. The number of anilines is 1. The SMILES string of the molecule is Cc1cc([C@H]2CCCCN2C(=O)Nc2cccnc2Cl)no1. The van der Waals surface area contributed by atoms with Gasteiger partial charge in [-0.25, -0.2) is 9.78 Å². The Morgan fingerprint density at radius 1 is 1.50 bits per heavy atom. The fourth-order valence-electron chi connectivity index (χ4n) is 2.69. The number of nitrogens with one attached hydrogen (secondary N) is 1. The third kappa shape index (κ3) is 3.06. The highest BCUT2D eigenvalue weighted by Gasteiger charge is 2.30. The Morgan fingerprint density at radius 3 is 3.09 bits per heavy atom. The minimum atomic E-state index is -0.194. The van der Waals surface area contributed by atoms with Crippen molar-refractivity contribution < 1.29 is 9.32 Å². The number of likely N-dealkylation sites (tertiary alicyclic amines) is 1. The number of carbonyl (C=O) groups is 1. The number of nitrogens with zero attached hydrogens (tertiary/aromatic N) is 3. The molecule has 0 aromatic carbocycles. The van der Waals surface area contributed by atoms with E-state index in [-0.39, 0.29) is 17.2 Å². The van der Waals surface area contributed by atoms with Gasteiger partial charge < -0.3 is 14.7 Å². The number of pyridine rings is 1. The van der Waals surface area contributed by atoms with Gasteiger partial charge in [0.05, 0.1) is 11.7 Å². The fourth-order valence-corrected chi connectivity index (χ4v) is 2.86. The molecule has 2 aromatic heterocycles. The van der Waals surface area contributed by atoms with Crippen LogP contribution in [0.15, 0.2) is 28.9 Å². The highest BCUT2D eigenvalue weighted by Crippen LogP contribution is 2.31. The summed E-state index contributed by atoms with van der Waals surface area (Å²) in [6.07, 6.45) is 4.50. The van der Waals surface area contributed by atoms with Gasteiger partial charge in [-0.05, 0) is 38.3 Å². The lowest BCUT2D eigenvalue weighted by molar-refractivity contribution is 0.159. The van der Waals surface area contributed by atoms with Crippen LogP contribution in [0.1, 0.15) is 36.8 Å². The van der Waals surface area contributed by atoms with Crippen molar-refractivity contribution in [3.8, 4) is 0 Å². The zero-order valence-corrected chi connectivity index (χ0v) is 13.0. The van der Waals surface area contributed by atoms with Crippen molar-refractivity contribution >= 4 is 23.3 Å². The number of halogens is 1. The predicted molar refractivity (Wildman–Crippen MR) is 82.8 cm³/mol. The van der Waals surface area contributed by atoms with Crippen LogP contribution in [0.2, 0.25) is 5.15 Å². The lowest BCUT2D eigenvalue weighted by atomic mass is 9.99. The molecule has 6 nitrogen and oxygen atoms in total. The van der Waals surface area contributed by atoms with Gasteiger partial charge >= 0.3 is 6.03 Å². The summed E-state index contributed by atoms with van der Waals surface area (Å²) in [4.78, 5) is 18.3. The standard InChI is InChI=1S/C15H17ClN4O2/c1-10-9-12(19-22-10)13-6-2-3-8-20(13)15(21)18-11-5-4-7-17-14(11)16/h4-5,7,9,13H,2-3,6,8H2,1H3,(H,18,21)/t13-/m1/s1. The van der Waals surface area contributed by atoms with Gasteiger partial charge in [-0.3, -0.25) is 0 Å². The Labute approximate surface area is 133 Å². The van der Waals surface area contributed by atoms with Gasteiger partial charge in [-0.15, -0.1) is 0 Å². The summed E-state index contributed by atoms with van der Waals surface area (Å²) in [5.74, 6) is 0.747. The number of aromatic nitrogens is 2. The molecular weight excluding hydrogens is 304 g/mol. The molecule has 2 amide bonds. The van der Waals surface area contributed by atoms with Crippen LogP contribution >= 0.6 is 11.6 Å². The average Bonchev–Trinajstić information content (AvgIpc) is 2.96. The zero-order chi connectivity index (χ0) is 15.5. The van der Waals surface area contributed by atoms with E-state index in [1.165, 1.54) is 0 Å². The lowest BCUT2D eigenvalue weighted by Gasteiger charge is -2.34. The lowest BCUT2D eigenvalue weighted by Crippen LogP contribution is -2.41. The molecule has 1 N–H and O–H groups in total. The highest BCUT2D eigenvalue weighted by molar-refractivity contribution is 6.32. The summed E-state index contributed by atoms with van der Waals surface area (Å²) >= 11 is 5.99. The van der Waals surface area contributed by atoms with E-state index in [9.17, 15) is 4.79 Å². The van der Waals surface area contributed by atoms with Gasteiger partial charge in [-0.2, -0.15) is 0 Å². The van der Waals surface area contributed by atoms with Crippen molar-refractivity contribution in [1.29, 1.82) is 0 Å². The zero-order valence-electron chi connectivity index (χ0n) is 12.3. The molecule has 0 saturated carbocycles.